The Hall–Kier alpha value is -1.54. The molecule has 0 heterocycles. The second-order valence-electron chi connectivity index (χ2n) is 6.08. The second kappa shape index (κ2) is 5.62. The Morgan fingerprint density at radius 2 is 1.79 bits per heavy atom. The molecule has 2 nitrogen and oxygen atoms in total. The molecule has 0 spiro atoms. The van der Waals surface area contributed by atoms with Gasteiger partial charge < -0.3 is 9.84 Å². The Morgan fingerprint density at radius 1 is 1.05 bits per heavy atom. The van der Waals surface area contributed by atoms with Gasteiger partial charge in [0.15, 0.2) is 0 Å². The van der Waals surface area contributed by atoms with Crippen LogP contribution in [0.1, 0.15) is 32.8 Å². The van der Waals surface area contributed by atoms with Gasteiger partial charge in [0.1, 0.15) is 5.75 Å². The summed E-state index contributed by atoms with van der Waals surface area (Å²) >= 11 is 0. The first-order valence-electron chi connectivity index (χ1n) is 6.75. The van der Waals surface area contributed by atoms with E-state index in [4.69, 9.17) is 4.74 Å². The van der Waals surface area contributed by atoms with Crippen molar-refractivity contribution < 1.29 is 9.84 Å². The normalized spacial score (nSPS) is 11.8. The Morgan fingerprint density at radius 3 is 2.47 bits per heavy atom. The summed E-state index contributed by atoms with van der Waals surface area (Å²) in [6, 6.07) is 12.1. The van der Waals surface area contributed by atoms with Crippen LogP contribution in [0.4, 0.5) is 0 Å². The molecular formula is C17H22O2. The molecule has 2 aromatic rings. The molecule has 102 valence electrons. The fraction of sp³-hybridized carbons (Fsp3) is 0.412. The van der Waals surface area contributed by atoms with Crippen LogP contribution in [0.25, 0.3) is 10.8 Å². The van der Waals surface area contributed by atoms with Crippen LogP contribution < -0.4 is 4.74 Å². The topological polar surface area (TPSA) is 29.5 Å². The van der Waals surface area contributed by atoms with Crippen LogP contribution in [0, 0.1) is 5.41 Å². The van der Waals surface area contributed by atoms with Gasteiger partial charge in [0, 0.05) is 5.56 Å². The van der Waals surface area contributed by atoms with Crippen molar-refractivity contribution in [3.05, 3.63) is 42.0 Å². The number of hydrogen-bond donors (Lipinski definition) is 1. The molecule has 0 fully saturated rings. The van der Waals surface area contributed by atoms with Gasteiger partial charge in [-0.25, -0.2) is 0 Å². The Labute approximate surface area is 115 Å². The van der Waals surface area contributed by atoms with Crippen LogP contribution in [0.5, 0.6) is 5.75 Å². The first-order chi connectivity index (χ1) is 9.01. The lowest BCUT2D eigenvalue weighted by Gasteiger charge is -2.19. The summed E-state index contributed by atoms with van der Waals surface area (Å²) in [6.07, 6.45) is 0.991. The van der Waals surface area contributed by atoms with Gasteiger partial charge in [-0.2, -0.15) is 0 Å². The highest BCUT2D eigenvalue weighted by molar-refractivity contribution is 5.87. The van der Waals surface area contributed by atoms with Gasteiger partial charge in [-0.05, 0) is 28.7 Å². The SMILES string of the molecule is CC(C)(C)CCOc1ccc2ccccc2c1CO. The van der Waals surface area contributed by atoms with E-state index in [0.29, 0.717) is 6.61 Å². The Kier molecular flexibility index (Phi) is 4.11. The van der Waals surface area contributed by atoms with Gasteiger partial charge in [0.25, 0.3) is 0 Å². The highest BCUT2D eigenvalue weighted by Crippen LogP contribution is 2.29. The minimum atomic E-state index is 0.00616. The molecule has 0 atom stereocenters. The lowest BCUT2D eigenvalue weighted by Crippen LogP contribution is -2.11. The number of aliphatic hydroxyl groups excluding tert-OH is 1. The molecule has 0 aliphatic heterocycles. The lowest BCUT2D eigenvalue weighted by atomic mass is 9.93. The minimum absolute atomic E-state index is 0.00616. The zero-order valence-electron chi connectivity index (χ0n) is 11.9. The summed E-state index contributed by atoms with van der Waals surface area (Å²) < 4.78 is 5.85. The monoisotopic (exact) mass is 258 g/mol. The molecule has 0 aliphatic rings. The number of aliphatic hydroxyl groups is 1. The standard InChI is InChI=1S/C17H22O2/c1-17(2,3)10-11-19-16-9-8-13-6-4-5-7-14(13)15(16)12-18/h4-9,18H,10-12H2,1-3H3. The Balaban J connectivity index is 2.23. The van der Waals surface area contributed by atoms with Crippen LogP contribution in [-0.2, 0) is 6.61 Å². The first-order valence-corrected chi connectivity index (χ1v) is 6.75. The quantitative estimate of drug-likeness (QED) is 0.892. The molecule has 0 aliphatic carbocycles. The van der Waals surface area contributed by atoms with Crippen molar-refractivity contribution in [2.45, 2.75) is 33.8 Å². The number of fused-ring (bicyclic) bond motifs is 1. The molecule has 0 bridgehead atoms. The maximum Gasteiger partial charge on any atom is 0.125 e. The molecule has 2 aromatic carbocycles. The summed E-state index contributed by atoms with van der Waals surface area (Å²) in [5, 5.41) is 11.8. The molecule has 0 unspecified atom stereocenters. The van der Waals surface area contributed by atoms with Crippen molar-refractivity contribution >= 4 is 10.8 Å². The largest absolute Gasteiger partial charge is 0.493 e. The average molecular weight is 258 g/mol. The molecule has 0 aromatic heterocycles. The van der Waals surface area contributed by atoms with Crippen molar-refractivity contribution in [2.75, 3.05) is 6.61 Å². The number of rotatable bonds is 4. The van der Waals surface area contributed by atoms with E-state index in [1.54, 1.807) is 0 Å². The van der Waals surface area contributed by atoms with E-state index in [1.165, 1.54) is 0 Å². The molecule has 0 saturated carbocycles. The van der Waals surface area contributed by atoms with E-state index >= 15 is 0 Å². The molecule has 19 heavy (non-hydrogen) atoms. The predicted octanol–water partition coefficient (Wildman–Crippen LogP) is 4.15. The summed E-state index contributed by atoms with van der Waals surface area (Å²) in [6.45, 7) is 7.28. The fourth-order valence-electron chi connectivity index (χ4n) is 2.08. The average Bonchev–Trinajstić information content (AvgIpc) is 2.37. The predicted molar refractivity (Wildman–Crippen MR) is 79.4 cm³/mol. The van der Waals surface area contributed by atoms with Gasteiger partial charge in [-0.1, -0.05) is 51.1 Å². The molecule has 0 saturated heterocycles. The van der Waals surface area contributed by atoms with E-state index in [1.807, 2.05) is 36.4 Å². The molecule has 2 rings (SSSR count). The zero-order chi connectivity index (χ0) is 13.9. The van der Waals surface area contributed by atoms with Crippen molar-refractivity contribution in [2.24, 2.45) is 5.41 Å². The molecular weight excluding hydrogens is 236 g/mol. The number of hydrogen-bond acceptors (Lipinski definition) is 2. The van der Waals surface area contributed by atoms with E-state index < -0.39 is 0 Å². The molecule has 0 amide bonds. The number of ether oxygens (including phenoxy) is 1. The van der Waals surface area contributed by atoms with Crippen LogP contribution in [0.15, 0.2) is 36.4 Å². The van der Waals surface area contributed by atoms with Crippen molar-refractivity contribution in [3.63, 3.8) is 0 Å². The van der Waals surface area contributed by atoms with E-state index in [9.17, 15) is 5.11 Å². The molecule has 1 N–H and O–H groups in total. The van der Waals surface area contributed by atoms with Crippen molar-refractivity contribution in [1.29, 1.82) is 0 Å². The van der Waals surface area contributed by atoms with Crippen molar-refractivity contribution in [1.82, 2.24) is 0 Å². The summed E-state index contributed by atoms with van der Waals surface area (Å²) in [4.78, 5) is 0. The van der Waals surface area contributed by atoms with Gasteiger partial charge in [0.2, 0.25) is 0 Å². The number of benzene rings is 2. The highest BCUT2D eigenvalue weighted by Gasteiger charge is 2.12. The molecule has 0 radical (unpaired) electrons. The fourth-order valence-corrected chi connectivity index (χ4v) is 2.08. The summed E-state index contributed by atoms with van der Waals surface area (Å²) in [5.74, 6) is 0.797. The van der Waals surface area contributed by atoms with E-state index in [-0.39, 0.29) is 12.0 Å². The summed E-state index contributed by atoms with van der Waals surface area (Å²) in [7, 11) is 0. The highest BCUT2D eigenvalue weighted by atomic mass is 16.5. The smallest absolute Gasteiger partial charge is 0.125 e. The third kappa shape index (κ3) is 3.48. The third-order valence-electron chi connectivity index (χ3n) is 3.27. The van der Waals surface area contributed by atoms with Crippen LogP contribution in [0.3, 0.4) is 0 Å². The van der Waals surface area contributed by atoms with Crippen LogP contribution in [-0.4, -0.2) is 11.7 Å². The van der Waals surface area contributed by atoms with Crippen LogP contribution in [0.2, 0.25) is 0 Å². The van der Waals surface area contributed by atoms with Gasteiger partial charge in [-0.3, -0.25) is 0 Å². The molecule has 2 heteroatoms. The zero-order valence-corrected chi connectivity index (χ0v) is 11.9. The minimum Gasteiger partial charge on any atom is -0.493 e. The van der Waals surface area contributed by atoms with Gasteiger partial charge in [-0.15, -0.1) is 0 Å². The van der Waals surface area contributed by atoms with Crippen molar-refractivity contribution in [3.8, 4) is 5.75 Å². The van der Waals surface area contributed by atoms with Gasteiger partial charge in [0.05, 0.1) is 13.2 Å². The van der Waals surface area contributed by atoms with E-state index in [0.717, 1.165) is 28.5 Å². The summed E-state index contributed by atoms with van der Waals surface area (Å²) in [5.41, 5.74) is 1.14. The maximum absolute atomic E-state index is 9.60. The second-order valence-corrected chi connectivity index (χ2v) is 6.08. The van der Waals surface area contributed by atoms with Gasteiger partial charge >= 0.3 is 0 Å². The maximum atomic E-state index is 9.60. The Bertz CT molecular complexity index is 553. The lowest BCUT2D eigenvalue weighted by molar-refractivity contribution is 0.231. The first kappa shape index (κ1) is 13.9. The van der Waals surface area contributed by atoms with Crippen LogP contribution >= 0.6 is 0 Å². The van der Waals surface area contributed by atoms with E-state index in [2.05, 4.69) is 20.8 Å². The third-order valence-corrected chi connectivity index (χ3v) is 3.27.